The highest BCUT2D eigenvalue weighted by Gasteiger charge is 2.30. The van der Waals surface area contributed by atoms with Crippen molar-refractivity contribution in [1.82, 2.24) is 34.7 Å². The number of hydrogen-bond acceptors (Lipinski definition) is 7. The molecule has 0 aromatic carbocycles. The van der Waals surface area contributed by atoms with Gasteiger partial charge in [-0.3, -0.25) is 14.5 Å². The van der Waals surface area contributed by atoms with Crippen molar-refractivity contribution in [2.24, 2.45) is 0 Å². The number of rotatable bonds is 7. The van der Waals surface area contributed by atoms with Crippen LogP contribution >= 0.6 is 0 Å². The van der Waals surface area contributed by atoms with Crippen LogP contribution in [0.4, 0.5) is 0 Å². The van der Waals surface area contributed by atoms with E-state index in [0.29, 0.717) is 12.0 Å². The van der Waals surface area contributed by atoms with E-state index in [9.17, 15) is 0 Å². The minimum absolute atomic E-state index is 0.528. The topological polar surface area (TPSA) is 76.1 Å². The third-order valence-corrected chi connectivity index (χ3v) is 4.78. The first-order chi connectivity index (χ1) is 11.3. The van der Waals surface area contributed by atoms with Crippen molar-refractivity contribution in [3.63, 3.8) is 0 Å². The molecule has 124 valence electrons. The van der Waals surface area contributed by atoms with E-state index in [1.54, 1.807) is 12.7 Å². The fraction of sp³-hybridized carbons (Fsp3) is 0.733. The summed E-state index contributed by atoms with van der Waals surface area (Å²) in [5, 5.41) is 8.27. The summed E-state index contributed by atoms with van der Waals surface area (Å²) < 4.78 is 7.22. The average molecular weight is 317 g/mol. The molecule has 1 aliphatic heterocycles. The van der Waals surface area contributed by atoms with E-state index < -0.39 is 0 Å². The summed E-state index contributed by atoms with van der Waals surface area (Å²) in [6.07, 6.45) is 6.93. The Balaban J connectivity index is 1.24. The lowest BCUT2D eigenvalue weighted by Gasteiger charge is -2.23. The molecule has 2 aromatic heterocycles. The second-order valence-corrected chi connectivity index (χ2v) is 6.64. The maximum Gasteiger partial charge on any atom is 0.229 e. The summed E-state index contributed by atoms with van der Waals surface area (Å²) in [4.78, 5) is 13.3. The average Bonchev–Trinajstić information content (AvgIpc) is 3.00. The first-order valence-corrected chi connectivity index (χ1v) is 8.35. The summed E-state index contributed by atoms with van der Waals surface area (Å²) in [5.41, 5.74) is 0. The van der Waals surface area contributed by atoms with Gasteiger partial charge < -0.3 is 4.52 Å². The lowest BCUT2D eigenvalue weighted by atomic mass is 10.2. The van der Waals surface area contributed by atoms with Crippen LogP contribution in [0.3, 0.4) is 0 Å². The number of aromatic nitrogens is 5. The maximum atomic E-state index is 5.34. The summed E-state index contributed by atoms with van der Waals surface area (Å²) in [7, 11) is 2.15. The van der Waals surface area contributed by atoms with Gasteiger partial charge in [0.1, 0.15) is 12.7 Å². The predicted octanol–water partition coefficient (Wildman–Crippen LogP) is 0.745. The van der Waals surface area contributed by atoms with Gasteiger partial charge in [0.15, 0.2) is 5.82 Å². The highest BCUT2D eigenvalue weighted by atomic mass is 16.5. The quantitative estimate of drug-likeness (QED) is 0.745. The van der Waals surface area contributed by atoms with Crippen molar-refractivity contribution < 1.29 is 4.52 Å². The molecule has 0 N–H and O–H groups in total. The molecule has 8 heteroatoms. The smallest absolute Gasteiger partial charge is 0.229 e. The van der Waals surface area contributed by atoms with E-state index in [-0.39, 0.29) is 0 Å². The Labute approximate surface area is 135 Å². The molecule has 1 atom stereocenters. The lowest BCUT2D eigenvalue weighted by molar-refractivity contribution is 0.215. The molecule has 1 saturated heterocycles. The molecule has 2 aromatic rings. The Morgan fingerprint density at radius 2 is 2.22 bits per heavy atom. The van der Waals surface area contributed by atoms with Crippen LogP contribution in [0, 0.1) is 0 Å². The third-order valence-electron chi connectivity index (χ3n) is 4.78. The molecule has 0 unspecified atom stereocenters. The number of hydrogen-bond donors (Lipinski definition) is 0. The van der Waals surface area contributed by atoms with E-state index >= 15 is 0 Å². The minimum Gasteiger partial charge on any atom is -0.339 e. The van der Waals surface area contributed by atoms with E-state index in [0.717, 1.165) is 44.4 Å². The van der Waals surface area contributed by atoms with Gasteiger partial charge in [-0.15, -0.1) is 0 Å². The number of likely N-dealkylation sites (N-methyl/N-ethyl adjacent to an activating group) is 1. The van der Waals surface area contributed by atoms with Gasteiger partial charge in [-0.25, -0.2) is 4.98 Å². The van der Waals surface area contributed by atoms with Crippen LogP contribution in [0.2, 0.25) is 0 Å². The fourth-order valence-corrected chi connectivity index (χ4v) is 3.15. The maximum absolute atomic E-state index is 5.34. The largest absolute Gasteiger partial charge is 0.339 e. The van der Waals surface area contributed by atoms with Crippen molar-refractivity contribution >= 4 is 0 Å². The predicted molar refractivity (Wildman–Crippen MR) is 82.6 cm³/mol. The Morgan fingerprint density at radius 1 is 1.30 bits per heavy atom. The highest BCUT2D eigenvalue weighted by Crippen LogP contribution is 2.38. The Hall–Kier alpha value is -1.80. The standard InChI is InChI=1S/C15H23N7O/c1-20(9-14-18-15(23-19-14)12-2-3-12)13-4-5-21(8-13)6-7-22-11-16-10-17-22/h10-13H,2-9H2,1H3/t13-/m0/s1. The van der Waals surface area contributed by atoms with Gasteiger partial charge in [0.25, 0.3) is 0 Å². The second-order valence-electron chi connectivity index (χ2n) is 6.64. The lowest BCUT2D eigenvalue weighted by Crippen LogP contribution is -2.35. The Kier molecular flexibility index (Phi) is 4.09. The van der Waals surface area contributed by atoms with Crippen molar-refractivity contribution in [1.29, 1.82) is 0 Å². The van der Waals surface area contributed by atoms with E-state index in [4.69, 9.17) is 4.52 Å². The van der Waals surface area contributed by atoms with Crippen LogP contribution in [-0.4, -0.2) is 67.4 Å². The molecule has 0 bridgehead atoms. The molecule has 8 nitrogen and oxygen atoms in total. The summed E-state index contributed by atoms with van der Waals surface area (Å²) in [6, 6.07) is 0.550. The van der Waals surface area contributed by atoms with Gasteiger partial charge in [0.05, 0.1) is 13.1 Å². The van der Waals surface area contributed by atoms with Gasteiger partial charge in [-0.05, 0) is 32.9 Å². The van der Waals surface area contributed by atoms with E-state index in [2.05, 4.69) is 37.1 Å². The third kappa shape index (κ3) is 3.59. The van der Waals surface area contributed by atoms with Gasteiger partial charge >= 0.3 is 0 Å². The van der Waals surface area contributed by atoms with Crippen LogP contribution in [-0.2, 0) is 13.1 Å². The van der Waals surface area contributed by atoms with Gasteiger partial charge in [0, 0.05) is 25.0 Å². The van der Waals surface area contributed by atoms with Crippen LogP contribution in [0.15, 0.2) is 17.2 Å². The molecular formula is C15H23N7O. The number of likely N-dealkylation sites (tertiary alicyclic amines) is 1. The molecule has 2 fully saturated rings. The van der Waals surface area contributed by atoms with Gasteiger partial charge in [-0.2, -0.15) is 10.1 Å². The van der Waals surface area contributed by atoms with Crippen LogP contribution in [0.1, 0.15) is 36.9 Å². The monoisotopic (exact) mass is 317 g/mol. The molecule has 0 spiro atoms. The molecule has 0 radical (unpaired) electrons. The summed E-state index contributed by atoms with van der Waals surface area (Å²) >= 11 is 0. The molecule has 2 aliphatic rings. The van der Waals surface area contributed by atoms with Crippen LogP contribution in [0.25, 0.3) is 0 Å². The molecule has 1 saturated carbocycles. The Bertz CT molecular complexity index is 622. The SMILES string of the molecule is CN(Cc1noc(C2CC2)n1)[C@H]1CCN(CCn2cncn2)C1. The summed E-state index contributed by atoms with van der Waals surface area (Å²) in [6.45, 7) is 4.88. The normalized spacial score (nSPS) is 22.3. The van der Waals surface area contributed by atoms with Gasteiger partial charge in [0.2, 0.25) is 5.89 Å². The molecule has 23 heavy (non-hydrogen) atoms. The highest BCUT2D eigenvalue weighted by molar-refractivity contribution is 5.01. The first-order valence-electron chi connectivity index (χ1n) is 8.35. The first kappa shape index (κ1) is 14.8. The van der Waals surface area contributed by atoms with Crippen LogP contribution in [0.5, 0.6) is 0 Å². The van der Waals surface area contributed by atoms with Crippen molar-refractivity contribution in [3.8, 4) is 0 Å². The van der Waals surface area contributed by atoms with Crippen LogP contribution < -0.4 is 0 Å². The second kappa shape index (κ2) is 6.37. The molecule has 4 rings (SSSR count). The minimum atomic E-state index is 0.528. The zero-order chi connectivity index (χ0) is 15.6. The van der Waals surface area contributed by atoms with Crippen molar-refractivity contribution in [2.75, 3.05) is 26.7 Å². The summed E-state index contributed by atoms with van der Waals surface area (Å²) in [5.74, 6) is 2.17. The molecular weight excluding hydrogens is 294 g/mol. The van der Waals surface area contributed by atoms with E-state index in [1.807, 2.05) is 4.68 Å². The van der Waals surface area contributed by atoms with E-state index in [1.165, 1.54) is 19.3 Å². The van der Waals surface area contributed by atoms with Crippen molar-refractivity contribution in [2.45, 2.75) is 44.3 Å². The Morgan fingerprint density at radius 3 is 3.00 bits per heavy atom. The molecule has 1 aliphatic carbocycles. The fourth-order valence-electron chi connectivity index (χ4n) is 3.15. The van der Waals surface area contributed by atoms with Gasteiger partial charge in [-0.1, -0.05) is 5.16 Å². The molecule has 3 heterocycles. The number of nitrogens with zero attached hydrogens (tertiary/aromatic N) is 7. The zero-order valence-corrected chi connectivity index (χ0v) is 13.5. The van der Waals surface area contributed by atoms with Crippen molar-refractivity contribution in [3.05, 3.63) is 24.4 Å². The zero-order valence-electron chi connectivity index (χ0n) is 13.5. The molecule has 0 amide bonds.